The van der Waals surface area contributed by atoms with Gasteiger partial charge in [-0.3, -0.25) is 4.79 Å². The molecule has 0 spiro atoms. The maximum Gasteiger partial charge on any atom is 0.244 e. The average molecular weight is 392 g/mol. The number of amides is 1. The Kier molecular flexibility index (Phi) is 4.28. The Morgan fingerprint density at radius 1 is 0.931 bits per heavy atom. The number of carbonyl (C=O) groups excluding carboxylic acids is 1. The SMILES string of the molecule is O=C(/C=C/c1ccc2c(c1)OCO2)NCc1cc(-c2ccc3c(c2)OCO3)on1. The second-order valence-electron chi connectivity index (χ2n) is 6.41. The Morgan fingerprint density at radius 3 is 2.48 bits per heavy atom. The molecule has 1 amide bonds. The van der Waals surface area contributed by atoms with E-state index in [1.165, 1.54) is 6.08 Å². The first-order chi connectivity index (χ1) is 14.2. The van der Waals surface area contributed by atoms with Crippen LogP contribution in [0.25, 0.3) is 17.4 Å². The summed E-state index contributed by atoms with van der Waals surface area (Å²) < 4.78 is 26.6. The highest BCUT2D eigenvalue weighted by Crippen LogP contribution is 2.36. The van der Waals surface area contributed by atoms with Crippen LogP contribution in [0.4, 0.5) is 0 Å². The number of fused-ring (bicyclic) bond motifs is 2. The second kappa shape index (κ2) is 7.23. The number of hydrogen-bond acceptors (Lipinski definition) is 7. The van der Waals surface area contributed by atoms with E-state index >= 15 is 0 Å². The van der Waals surface area contributed by atoms with E-state index < -0.39 is 0 Å². The first-order valence-corrected chi connectivity index (χ1v) is 8.96. The monoisotopic (exact) mass is 392 g/mol. The third-order valence-corrected chi connectivity index (χ3v) is 4.48. The van der Waals surface area contributed by atoms with Crippen molar-refractivity contribution in [3.8, 4) is 34.3 Å². The van der Waals surface area contributed by atoms with Crippen LogP contribution in [0.15, 0.2) is 53.1 Å². The van der Waals surface area contributed by atoms with Crippen molar-refractivity contribution in [2.45, 2.75) is 6.54 Å². The minimum absolute atomic E-state index is 0.215. The maximum atomic E-state index is 12.1. The molecule has 0 saturated heterocycles. The fourth-order valence-corrected chi connectivity index (χ4v) is 3.01. The smallest absolute Gasteiger partial charge is 0.244 e. The van der Waals surface area contributed by atoms with Crippen molar-refractivity contribution in [2.24, 2.45) is 0 Å². The van der Waals surface area contributed by atoms with Gasteiger partial charge in [0, 0.05) is 17.7 Å². The number of carbonyl (C=O) groups is 1. The summed E-state index contributed by atoms with van der Waals surface area (Å²) in [6.07, 6.45) is 3.16. The molecule has 2 aromatic carbocycles. The van der Waals surface area contributed by atoms with Gasteiger partial charge in [0.2, 0.25) is 19.5 Å². The molecular formula is C21H16N2O6. The van der Waals surface area contributed by atoms with Crippen molar-refractivity contribution in [2.75, 3.05) is 13.6 Å². The Bertz CT molecular complexity index is 1100. The third kappa shape index (κ3) is 3.60. The molecule has 3 heterocycles. The summed E-state index contributed by atoms with van der Waals surface area (Å²) in [5, 5.41) is 6.78. The average Bonchev–Trinajstić information content (AvgIpc) is 3.49. The summed E-state index contributed by atoms with van der Waals surface area (Å²) in [6, 6.07) is 12.8. The molecule has 2 aliphatic rings. The molecule has 0 fully saturated rings. The van der Waals surface area contributed by atoms with Crippen LogP contribution >= 0.6 is 0 Å². The highest BCUT2D eigenvalue weighted by molar-refractivity contribution is 5.91. The Labute approximate surface area is 165 Å². The number of benzene rings is 2. The fraction of sp³-hybridized carbons (Fsp3) is 0.143. The summed E-state index contributed by atoms with van der Waals surface area (Å²) in [7, 11) is 0. The Balaban J connectivity index is 1.19. The van der Waals surface area contributed by atoms with Gasteiger partial charge in [-0.15, -0.1) is 0 Å². The normalized spacial score (nSPS) is 13.8. The van der Waals surface area contributed by atoms with Crippen LogP contribution in [0.1, 0.15) is 11.3 Å². The number of rotatable bonds is 5. The first kappa shape index (κ1) is 17.2. The van der Waals surface area contributed by atoms with Crippen molar-refractivity contribution in [1.82, 2.24) is 10.5 Å². The lowest BCUT2D eigenvalue weighted by Crippen LogP contribution is -2.20. The van der Waals surface area contributed by atoms with Gasteiger partial charge in [0.15, 0.2) is 28.8 Å². The molecule has 0 saturated carbocycles. The number of ether oxygens (including phenoxy) is 4. The molecule has 1 aromatic heterocycles. The van der Waals surface area contributed by atoms with Crippen molar-refractivity contribution < 1.29 is 28.3 Å². The summed E-state index contributed by atoms with van der Waals surface area (Å²) >= 11 is 0. The van der Waals surface area contributed by atoms with E-state index in [1.807, 2.05) is 36.4 Å². The zero-order valence-electron chi connectivity index (χ0n) is 15.2. The van der Waals surface area contributed by atoms with Crippen LogP contribution in [0.3, 0.4) is 0 Å². The van der Waals surface area contributed by atoms with Crippen molar-refractivity contribution in [3.63, 3.8) is 0 Å². The van der Waals surface area contributed by atoms with Gasteiger partial charge in [0.25, 0.3) is 0 Å². The van der Waals surface area contributed by atoms with Crippen LogP contribution in [-0.4, -0.2) is 24.6 Å². The van der Waals surface area contributed by atoms with Crippen molar-refractivity contribution in [3.05, 3.63) is 59.8 Å². The quantitative estimate of drug-likeness (QED) is 0.667. The lowest BCUT2D eigenvalue weighted by Gasteiger charge is -1.99. The fourth-order valence-electron chi connectivity index (χ4n) is 3.01. The summed E-state index contributed by atoms with van der Waals surface area (Å²) in [5.74, 6) is 3.10. The number of hydrogen-bond donors (Lipinski definition) is 1. The van der Waals surface area contributed by atoms with E-state index in [0.29, 0.717) is 34.5 Å². The van der Waals surface area contributed by atoms with Crippen molar-refractivity contribution in [1.29, 1.82) is 0 Å². The van der Waals surface area contributed by atoms with Gasteiger partial charge in [-0.2, -0.15) is 0 Å². The van der Waals surface area contributed by atoms with Crippen LogP contribution in [0.2, 0.25) is 0 Å². The van der Waals surface area contributed by atoms with Gasteiger partial charge in [-0.1, -0.05) is 11.2 Å². The van der Waals surface area contributed by atoms with Crippen LogP contribution < -0.4 is 24.3 Å². The van der Waals surface area contributed by atoms with E-state index in [4.69, 9.17) is 23.5 Å². The molecule has 5 rings (SSSR count). The van der Waals surface area contributed by atoms with Gasteiger partial charge < -0.3 is 28.8 Å². The lowest BCUT2D eigenvalue weighted by atomic mass is 10.1. The van der Waals surface area contributed by atoms with Gasteiger partial charge in [-0.25, -0.2) is 0 Å². The zero-order valence-corrected chi connectivity index (χ0v) is 15.2. The molecule has 0 atom stereocenters. The minimum Gasteiger partial charge on any atom is -0.454 e. The maximum absolute atomic E-state index is 12.1. The molecule has 146 valence electrons. The van der Waals surface area contributed by atoms with Gasteiger partial charge in [-0.05, 0) is 42.0 Å². The molecule has 1 N–H and O–H groups in total. The molecule has 29 heavy (non-hydrogen) atoms. The van der Waals surface area contributed by atoms with E-state index in [1.54, 1.807) is 12.1 Å². The zero-order chi connectivity index (χ0) is 19.6. The molecule has 0 aliphatic carbocycles. The molecule has 3 aromatic rings. The molecule has 0 radical (unpaired) electrons. The van der Waals surface area contributed by atoms with E-state index in [2.05, 4.69) is 10.5 Å². The summed E-state index contributed by atoms with van der Waals surface area (Å²) in [6.45, 7) is 0.680. The largest absolute Gasteiger partial charge is 0.454 e. The Hall–Kier alpha value is -3.94. The third-order valence-electron chi connectivity index (χ3n) is 4.48. The lowest BCUT2D eigenvalue weighted by molar-refractivity contribution is -0.116. The predicted molar refractivity (Wildman–Crippen MR) is 102 cm³/mol. The van der Waals surface area contributed by atoms with Crippen LogP contribution in [0, 0.1) is 0 Å². The van der Waals surface area contributed by atoms with E-state index in [9.17, 15) is 4.79 Å². The number of nitrogens with one attached hydrogen (secondary N) is 1. The number of aromatic nitrogens is 1. The van der Waals surface area contributed by atoms with Gasteiger partial charge in [0.1, 0.15) is 5.69 Å². The molecule has 0 unspecified atom stereocenters. The van der Waals surface area contributed by atoms with Crippen molar-refractivity contribution >= 4 is 12.0 Å². The van der Waals surface area contributed by atoms with Gasteiger partial charge >= 0.3 is 0 Å². The topological polar surface area (TPSA) is 92.1 Å². The highest BCUT2D eigenvalue weighted by Gasteiger charge is 2.16. The summed E-state index contributed by atoms with van der Waals surface area (Å²) in [4.78, 5) is 12.1. The molecular weight excluding hydrogens is 376 g/mol. The predicted octanol–water partition coefficient (Wildman–Crippen LogP) is 3.13. The van der Waals surface area contributed by atoms with E-state index in [-0.39, 0.29) is 26.0 Å². The van der Waals surface area contributed by atoms with E-state index in [0.717, 1.165) is 11.1 Å². The van der Waals surface area contributed by atoms with Crippen LogP contribution in [-0.2, 0) is 11.3 Å². The van der Waals surface area contributed by atoms with Gasteiger partial charge in [0.05, 0.1) is 6.54 Å². The standard InChI is InChI=1S/C21H16N2O6/c24-21(6-2-13-1-4-16-19(7-13)27-11-25-16)22-10-15-9-18(29-23-15)14-3-5-17-20(8-14)28-12-26-17/h1-9H,10-12H2,(H,22,24)/b6-2+. The molecule has 0 bridgehead atoms. The first-order valence-electron chi connectivity index (χ1n) is 8.96. The minimum atomic E-state index is -0.240. The summed E-state index contributed by atoms with van der Waals surface area (Å²) in [5.41, 5.74) is 2.28. The van der Waals surface area contributed by atoms with Crippen LogP contribution in [0.5, 0.6) is 23.0 Å². The molecule has 8 nitrogen and oxygen atoms in total. The number of nitrogens with zero attached hydrogens (tertiary/aromatic N) is 1. The molecule has 8 heteroatoms. The second-order valence-corrected chi connectivity index (χ2v) is 6.41. The highest BCUT2D eigenvalue weighted by atomic mass is 16.7. The Morgan fingerprint density at radius 2 is 1.66 bits per heavy atom. The molecule has 2 aliphatic heterocycles.